The molecule has 1 aliphatic rings. The van der Waals surface area contributed by atoms with Crippen molar-refractivity contribution in [2.75, 3.05) is 17.6 Å². The molecule has 40 heavy (non-hydrogen) atoms. The van der Waals surface area contributed by atoms with E-state index in [1.807, 2.05) is 41.1 Å². The first-order valence-corrected chi connectivity index (χ1v) is 14.0. The summed E-state index contributed by atoms with van der Waals surface area (Å²) in [5, 5.41) is 14.8. The summed E-state index contributed by atoms with van der Waals surface area (Å²) in [7, 11) is 0. The predicted molar refractivity (Wildman–Crippen MR) is 155 cm³/mol. The first kappa shape index (κ1) is 24.6. The normalized spacial score (nSPS) is 14.2. The Morgan fingerprint density at radius 1 is 1.05 bits per heavy atom. The second kappa shape index (κ2) is 9.34. The van der Waals surface area contributed by atoms with E-state index in [4.69, 9.17) is 15.0 Å². The van der Waals surface area contributed by atoms with E-state index in [2.05, 4.69) is 28.7 Å². The van der Waals surface area contributed by atoms with Crippen molar-refractivity contribution in [1.82, 2.24) is 28.9 Å². The third-order valence-electron chi connectivity index (χ3n) is 7.21. The number of fused-ring (bicyclic) bond motifs is 4. The largest absolute Gasteiger partial charge is 0.507 e. The van der Waals surface area contributed by atoms with Gasteiger partial charge < -0.3 is 14.8 Å². The quantitative estimate of drug-likeness (QED) is 0.257. The van der Waals surface area contributed by atoms with Gasteiger partial charge in [-0.15, -0.1) is 0 Å². The van der Waals surface area contributed by atoms with E-state index in [-0.39, 0.29) is 17.1 Å². The van der Waals surface area contributed by atoms with Gasteiger partial charge in [0.25, 0.3) is 0 Å². The number of halogens is 1. The minimum absolute atomic E-state index is 0.0476. The van der Waals surface area contributed by atoms with Crippen LogP contribution in [0.3, 0.4) is 0 Å². The monoisotopic (exact) mass is 551 g/mol. The van der Waals surface area contributed by atoms with Crippen LogP contribution in [0.2, 0.25) is 0 Å². The lowest BCUT2D eigenvalue weighted by atomic mass is 10.00. The van der Waals surface area contributed by atoms with Crippen LogP contribution in [0, 0.1) is 5.82 Å². The second-order valence-corrected chi connectivity index (χ2v) is 11.5. The molecule has 0 spiro atoms. The van der Waals surface area contributed by atoms with Gasteiger partial charge in [-0.25, -0.2) is 24.3 Å². The molecule has 4 aromatic heterocycles. The summed E-state index contributed by atoms with van der Waals surface area (Å²) >= 11 is 1.73. The Kier molecular flexibility index (Phi) is 5.74. The number of nitrogens with zero attached hydrogens (tertiary/aromatic N) is 6. The van der Waals surface area contributed by atoms with Crippen LogP contribution in [-0.2, 0) is 12.0 Å². The molecule has 7 rings (SSSR count). The third-order valence-corrected chi connectivity index (χ3v) is 8.60. The molecule has 1 aliphatic heterocycles. The molecule has 8 nitrogen and oxygen atoms in total. The molecule has 0 saturated heterocycles. The zero-order valence-electron chi connectivity index (χ0n) is 22.0. The summed E-state index contributed by atoms with van der Waals surface area (Å²) in [5.41, 5.74) is 4.96. The molecule has 0 fully saturated rings. The number of nitrogens with one attached hydrogen (secondary N) is 1. The van der Waals surface area contributed by atoms with Gasteiger partial charge in [-0.05, 0) is 56.2 Å². The number of anilines is 1. The molecule has 0 atom stereocenters. The molecule has 10 heteroatoms. The molecule has 5 heterocycles. The van der Waals surface area contributed by atoms with Gasteiger partial charge in [0.1, 0.15) is 17.2 Å². The van der Waals surface area contributed by atoms with Crippen LogP contribution in [0.4, 0.5) is 10.2 Å². The third kappa shape index (κ3) is 4.15. The summed E-state index contributed by atoms with van der Waals surface area (Å²) in [6.07, 6.45) is 6.28. The van der Waals surface area contributed by atoms with Crippen LogP contribution in [-0.4, -0.2) is 46.3 Å². The van der Waals surface area contributed by atoms with Gasteiger partial charge in [-0.2, -0.15) is 0 Å². The van der Waals surface area contributed by atoms with Crippen molar-refractivity contribution < 1.29 is 9.50 Å². The highest BCUT2D eigenvalue weighted by Crippen LogP contribution is 2.41. The number of benzene rings is 2. The van der Waals surface area contributed by atoms with Gasteiger partial charge in [-0.3, -0.25) is 4.57 Å². The summed E-state index contributed by atoms with van der Waals surface area (Å²) < 4.78 is 18.6. The smallest absolute Gasteiger partial charge is 0.171 e. The van der Waals surface area contributed by atoms with E-state index >= 15 is 0 Å². The molecule has 0 amide bonds. The Morgan fingerprint density at radius 3 is 2.80 bits per heavy atom. The topological polar surface area (TPSA) is 93.2 Å². The fraction of sp³-hybridized carbons (Fsp3) is 0.200. The van der Waals surface area contributed by atoms with Crippen LogP contribution in [0.5, 0.6) is 5.75 Å². The molecule has 2 N–H and O–H groups in total. The zero-order chi connectivity index (χ0) is 27.4. The maximum Gasteiger partial charge on any atom is 0.171 e. The van der Waals surface area contributed by atoms with E-state index in [9.17, 15) is 9.50 Å². The molecular formula is C30H26FN7OS. The molecule has 0 bridgehead atoms. The maximum atomic E-state index is 14.4. The van der Waals surface area contributed by atoms with Crippen LogP contribution < -0.4 is 5.32 Å². The Labute approximate surface area is 234 Å². The number of pyridine rings is 1. The molecule has 200 valence electrons. The van der Waals surface area contributed by atoms with Gasteiger partial charge in [0, 0.05) is 47.6 Å². The van der Waals surface area contributed by atoms with Crippen molar-refractivity contribution in [2.24, 2.45) is 0 Å². The second-order valence-electron chi connectivity index (χ2n) is 10.5. The number of thioether (sulfide) groups is 1. The maximum absolute atomic E-state index is 14.4. The lowest BCUT2D eigenvalue weighted by Gasteiger charge is -2.20. The van der Waals surface area contributed by atoms with E-state index in [0.29, 0.717) is 35.7 Å². The molecular weight excluding hydrogens is 525 g/mol. The van der Waals surface area contributed by atoms with Crippen LogP contribution in [0.25, 0.3) is 39.3 Å². The minimum atomic E-state index is -0.369. The first-order valence-electron chi connectivity index (χ1n) is 13.0. The highest BCUT2D eigenvalue weighted by atomic mass is 32.2. The van der Waals surface area contributed by atoms with Gasteiger partial charge in [0.15, 0.2) is 28.0 Å². The molecule has 0 aliphatic carbocycles. The average molecular weight is 552 g/mol. The van der Waals surface area contributed by atoms with Gasteiger partial charge in [0.2, 0.25) is 0 Å². The summed E-state index contributed by atoms with van der Waals surface area (Å²) in [4.78, 5) is 19.2. The van der Waals surface area contributed by atoms with Crippen LogP contribution >= 0.6 is 11.8 Å². The van der Waals surface area contributed by atoms with Crippen LogP contribution in [0.1, 0.15) is 19.4 Å². The Hall–Kier alpha value is -4.44. The van der Waals surface area contributed by atoms with Gasteiger partial charge >= 0.3 is 0 Å². The number of rotatable bonds is 6. The van der Waals surface area contributed by atoms with Gasteiger partial charge in [0.05, 0.1) is 5.54 Å². The molecule has 0 unspecified atom stereocenters. The Bertz CT molecular complexity index is 1910. The summed E-state index contributed by atoms with van der Waals surface area (Å²) in [6.45, 7) is 4.95. The molecule has 0 radical (unpaired) electrons. The van der Waals surface area contributed by atoms with Crippen LogP contribution in [0.15, 0.2) is 78.3 Å². The number of aromatic hydroxyl groups is 1. The fourth-order valence-electron chi connectivity index (χ4n) is 5.15. The summed E-state index contributed by atoms with van der Waals surface area (Å²) in [5.74, 6) is 1.88. The van der Waals surface area contributed by atoms with E-state index in [1.165, 1.54) is 6.07 Å². The lowest BCUT2D eigenvalue weighted by Crippen LogP contribution is -2.24. The highest BCUT2D eigenvalue weighted by molar-refractivity contribution is 7.99. The Balaban J connectivity index is 1.23. The SMILES string of the molecule is CC1(C)CSc2nc3c(NCCc4ccc(O)c(-c5ccccc5F)c4)nc(-c4ccc5nccn5c4)nc3n21. The van der Waals surface area contributed by atoms with Crippen molar-refractivity contribution in [1.29, 1.82) is 0 Å². The van der Waals surface area contributed by atoms with E-state index < -0.39 is 0 Å². The fourth-order valence-corrected chi connectivity index (χ4v) is 6.38. The van der Waals surface area contributed by atoms with E-state index in [0.717, 1.165) is 38.8 Å². The number of phenolic OH excluding ortho intramolecular Hbond substituents is 1. The highest BCUT2D eigenvalue weighted by Gasteiger charge is 2.35. The lowest BCUT2D eigenvalue weighted by molar-refractivity contribution is 0.404. The van der Waals surface area contributed by atoms with Crippen molar-refractivity contribution in [2.45, 2.75) is 31.0 Å². The minimum Gasteiger partial charge on any atom is -0.507 e. The molecule has 0 saturated carbocycles. The Morgan fingerprint density at radius 2 is 1.93 bits per heavy atom. The van der Waals surface area contributed by atoms with Gasteiger partial charge in [-0.1, -0.05) is 36.0 Å². The number of aromatic nitrogens is 6. The number of imidazole rings is 2. The number of hydrogen-bond acceptors (Lipinski definition) is 7. The first-order chi connectivity index (χ1) is 19.4. The van der Waals surface area contributed by atoms with Crippen molar-refractivity contribution in [3.8, 4) is 28.3 Å². The average Bonchev–Trinajstić information content (AvgIpc) is 3.65. The van der Waals surface area contributed by atoms with E-state index in [1.54, 1.807) is 42.2 Å². The van der Waals surface area contributed by atoms with Crippen molar-refractivity contribution >= 4 is 34.4 Å². The number of phenols is 1. The zero-order valence-corrected chi connectivity index (χ0v) is 22.8. The summed E-state index contributed by atoms with van der Waals surface area (Å²) in [6, 6.07) is 15.7. The van der Waals surface area contributed by atoms with Crippen molar-refractivity contribution in [3.63, 3.8) is 0 Å². The predicted octanol–water partition coefficient (Wildman–Crippen LogP) is 6.15. The van der Waals surface area contributed by atoms with Crippen molar-refractivity contribution in [3.05, 3.63) is 84.6 Å². The number of hydrogen-bond donors (Lipinski definition) is 2. The molecule has 2 aromatic carbocycles. The standard InChI is InChI=1S/C30H26FN7OS/c1-30(2)17-40-29-34-25-27(33-12-11-18-7-9-23(39)21(15-18)20-5-3-4-6-22(20)31)35-26(36-28(25)38(29)30)19-8-10-24-32-13-14-37(24)16-19/h3-10,13-16,39H,11-12,17H2,1-2H3,(H,33,35,36). The molecule has 6 aromatic rings.